The Kier molecular flexibility index (Phi) is 5.61. The number of piperidine rings is 1. The van der Waals surface area contributed by atoms with Crippen molar-refractivity contribution in [3.05, 3.63) is 59.2 Å². The molecule has 2 fully saturated rings. The maximum Gasteiger partial charge on any atom is 0.254 e. The van der Waals surface area contributed by atoms with Crippen LogP contribution < -0.4 is 9.47 Å². The zero-order chi connectivity index (χ0) is 21.4. The quantitative estimate of drug-likeness (QED) is 0.729. The molecule has 0 aromatic heterocycles. The van der Waals surface area contributed by atoms with Gasteiger partial charge in [-0.3, -0.25) is 9.69 Å². The van der Waals surface area contributed by atoms with E-state index in [-0.39, 0.29) is 5.91 Å². The Labute approximate surface area is 184 Å². The summed E-state index contributed by atoms with van der Waals surface area (Å²) in [5.41, 5.74) is 3.56. The summed E-state index contributed by atoms with van der Waals surface area (Å²) in [5.74, 6) is 2.68. The van der Waals surface area contributed by atoms with Crippen LogP contribution in [-0.2, 0) is 13.0 Å². The molecule has 5 rings (SSSR count). The summed E-state index contributed by atoms with van der Waals surface area (Å²) in [4.78, 5) is 18.0. The number of amides is 1. The van der Waals surface area contributed by atoms with E-state index in [4.69, 9.17) is 9.47 Å². The standard InChI is InChI=1S/C26H32N2O3/c1-30-23-10-6-19(7-11-23)26(29)28-21-8-9-22(28)15-18(14-21)16-27-13-12-24-20(17-27)4-3-5-25(24)31-2/h3-7,10-11,18,21-22H,8-9,12-17H2,1-2H3. The molecule has 0 N–H and O–H groups in total. The zero-order valence-corrected chi connectivity index (χ0v) is 18.5. The third kappa shape index (κ3) is 3.91. The molecule has 0 radical (unpaired) electrons. The van der Waals surface area contributed by atoms with Gasteiger partial charge in [-0.2, -0.15) is 0 Å². The first-order valence-corrected chi connectivity index (χ1v) is 11.5. The lowest BCUT2D eigenvalue weighted by Crippen LogP contribution is -2.48. The topological polar surface area (TPSA) is 42.0 Å². The lowest BCUT2D eigenvalue weighted by molar-refractivity contribution is 0.0474. The van der Waals surface area contributed by atoms with Gasteiger partial charge in [0.25, 0.3) is 5.91 Å². The van der Waals surface area contributed by atoms with Gasteiger partial charge < -0.3 is 14.4 Å². The van der Waals surface area contributed by atoms with Crippen LogP contribution in [0.1, 0.15) is 47.2 Å². The summed E-state index contributed by atoms with van der Waals surface area (Å²) in [6.07, 6.45) is 5.59. The smallest absolute Gasteiger partial charge is 0.254 e. The number of nitrogens with zero attached hydrogens (tertiary/aromatic N) is 2. The predicted molar refractivity (Wildman–Crippen MR) is 121 cm³/mol. The monoisotopic (exact) mass is 420 g/mol. The molecule has 0 aliphatic carbocycles. The third-order valence-corrected chi connectivity index (χ3v) is 7.44. The third-order valence-electron chi connectivity index (χ3n) is 7.44. The highest BCUT2D eigenvalue weighted by Crippen LogP contribution is 2.40. The molecule has 5 nitrogen and oxygen atoms in total. The van der Waals surface area contributed by atoms with Gasteiger partial charge in [0.2, 0.25) is 0 Å². The van der Waals surface area contributed by atoms with Gasteiger partial charge in [-0.15, -0.1) is 0 Å². The maximum absolute atomic E-state index is 13.2. The SMILES string of the molecule is COc1ccc(C(=O)N2C3CCC2CC(CN2CCc4c(cccc4OC)C2)C3)cc1. The molecule has 2 saturated heterocycles. The molecule has 5 heteroatoms. The van der Waals surface area contributed by atoms with Crippen LogP contribution in [0.15, 0.2) is 42.5 Å². The van der Waals surface area contributed by atoms with Crippen molar-refractivity contribution in [2.45, 2.75) is 50.7 Å². The Balaban J connectivity index is 1.22. The number of benzene rings is 2. The van der Waals surface area contributed by atoms with Crippen molar-refractivity contribution >= 4 is 5.91 Å². The molecular formula is C26H32N2O3. The molecule has 3 aliphatic heterocycles. The van der Waals surface area contributed by atoms with Crippen molar-refractivity contribution < 1.29 is 14.3 Å². The molecule has 2 aromatic rings. The van der Waals surface area contributed by atoms with Crippen LogP contribution in [0.5, 0.6) is 11.5 Å². The predicted octanol–water partition coefficient (Wildman–Crippen LogP) is 4.15. The zero-order valence-electron chi connectivity index (χ0n) is 18.5. The molecule has 1 amide bonds. The van der Waals surface area contributed by atoms with Crippen LogP contribution in [0.25, 0.3) is 0 Å². The van der Waals surface area contributed by atoms with E-state index in [0.717, 1.165) is 68.8 Å². The van der Waals surface area contributed by atoms with E-state index in [1.807, 2.05) is 24.3 Å². The molecule has 2 atom stereocenters. The first-order chi connectivity index (χ1) is 15.2. The molecule has 2 unspecified atom stereocenters. The minimum atomic E-state index is 0.188. The van der Waals surface area contributed by atoms with Crippen molar-refractivity contribution in [2.24, 2.45) is 5.92 Å². The van der Waals surface area contributed by atoms with Crippen molar-refractivity contribution in [3.63, 3.8) is 0 Å². The lowest BCUT2D eigenvalue weighted by Gasteiger charge is -2.41. The van der Waals surface area contributed by atoms with Crippen molar-refractivity contribution in [3.8, 4) is 11.5 Å². The van der Waals surface area contributed by atoms with Gasteiger partial charge in [0, 0.05) is 37.3 Å². The van der Waals surface area contributed by atoms with Gasteiger partial charge in [-0.05, 0) is 79.5 Å². The Morgan fingerprint density at radius 3 is 2.42 bits per heavy atom. The average Bonchev–Trinajstić information content (AvgIpc) is 3.08. The largest absolute Gasteiger partial charge is 0.497 e. The molecular weight excluding hydrogens is 388 g/mol. The molecule has 31 heavy (non-hydrogen) atoms. The molecule has 3 aliphatic rings. The van der Waals surface area contributed by atoms with Crippen LogP contribution in [0.4, 0.5) is 0 Å². The van der Waals surface area contributed by atoms with Crippen LogP contribution in [-0.4, -0.2) is 55.1 Å². The Bertz CT molecular complexity index is 928. The maximum atomic E-state index is 13.2. The fraction of sp³-hybridized carbons (Fsp3) is 0.500. The number of hydrogen-bond acceptors (Lipinski definition) is 4. The van der Waals surface area contributed by atoms with Crippen molar-refractivity contribution in [1.29, 1.82) is 0 Å². The highest BCUT2D eigenvalue weighted by Gasteiger charge is 2.43. The van der Waals surface area contributed by atoms with Gasteiger partial charge in [-0.1, -0.05) is 12.1 Å². The van der Waals surface area contributed by atoms with Crippen LogP contribution >= 0.6 is 0 Å². The normalized spacial score (nSPS) is 25.2. The summed E-state index contributed by atoms with van der Waals surface area (Å²) in [7, 11) is 3.41. The van der Waals surface area contributed by atoms with E-state index >= 15 is 0 Å². The van der Waals surface area contributed by atoms with E-state index in [1.54, 1.807) is 14.2 Å². The number of carbonyl (C=O) groups excluding carboxylic acids is 1. The highest BCUT2D eigenvalue weighted by atomic mass is 16.5. The Morgan fingerprint density at radius 1 is 1.00 bits per heavy atom. The van der Waals surface area contributed by atoms with Gasteiger partial charge in [-0.25, -0.2) is 0 Å². The minimum absolute atomic E-state index is 0.188. The highest BCUT2D eigenvalue weighted by molar-refractivity contribution is 5.95. The minimum Gasteiger partial charge on any atom is -0.497 e. The van der Waals surface area contributed by atoms with Gasteiger partial charge in [0.05, 0.1) is 14.2 Å². The van der Waals surface area contributed by atoms with E-state index in [2.05, 4.69) is 28.0 Å². The number of hydrogen-bond donors (Lipinski definition) is 0. The van der Waals surface area contributed by atoms with Crippen LogP contribution in [0.3, 0.4) is 0 Å². The second kappa shape index (κ2) is 8.54. The summed E-state index contributed by atoms with van der Waals surface area (Å²) in [6.45, 7) is 3.23. The Morgan fingerprint density at radius 2 is 1.74 bits per heavy atom. The van der Waals surface area contributed by atoms with Crippen molar-refractivity contribution in [2.75, 3.05) is 27.3 Å². The second-order valence-electron chi connectivity index (χ2n) is 9.25. The number of carbonyl (C=O) groups is 1. The second-order valence-corrected chi connectivity index (χ2v) is 9.25. The van der Waals surface area contributed by atoms with Crippen molar-refractivity contribution in [1.82, 2.24) is 9.80 Å². The molecule has 0 saturated carbocycles. The number of ether oxygens (including phenoxy) is 2. The summed E-state index contributed by atoms with van der Waals surface area (Å²) < 4.78 is 10.8. The van der Waals surface area contributed by atoms with E-state index in [0.29, 0.717) is 18.0 Å². The van der Waals surface area contributed by atoms with Gasteiger partial charge in [0.1, 0.15) is 11.5 Å². The van der Waals surface area contributed by atoms with Gasteiger partial charge >= 0.3 is 0 Å². The van der Waals surface area contributed by atoms with E-state index in [9.17, 15) is 4.79 Å². The number of fused-ring (bicyclic) bond motifs is 3. The first kappa shape index (κ1) is 20.4. The number of methoxy groups -OCH3 is 2. The summed E-state index contributed by atoms with van der Waals surface area (Å²) >= 11 is 0. The average molecular weight is 421 g/mol. The molecule has 164 valence electrons. The molecule has 2 bridgehead atoms. The molecule has 3 heterocycles. The van der Waals surface area contributed by atoms with Gasteiger partial charge in [0.15, 0.2) is 0 Å². The fourth-order valence-electron chi connectivity index (χ4n) is 6.00. The fourth-order valence-corrected chi connectivity index (χ4v) is 6.00. The number of rotatable bonds is 5. The molecule has 0 spiro atoms. The Hall–Kier alpha value is -2.53. The lowest BCUT2D eigenvalue weighted by atomic mass is 9.88. The van der Waals surface area contributed by atoms with E-state index < -0.39 is 0 Å². The summed E-state index contributed by atoms with van der Waals surface area (Å²) in [6, 6.07) is 14.7. The van der Waals surface area contributed by atoms with Crippen LogP contribution in [0, 0.1) is 5.92 Å². The summed E-state index contributed by atoms with van der Waals surface area (Å²) in [5, 5.41) is 0. The first-order valence-electron chi connectivity index (χ1n) is 11.5. The van der Waals surface area contributed by atoms with E-state index in [1.165, 1.54) is 11.1 Å². The molecule has 2 aromatic carbocycles. The van der Waals surface area contributed by atoms with Crippen LogP contribution in [0.2, 0.25) is 0 Å².